The first-order chi connectivity index (χ1) is 9.63. The molecule has 5 nitrogen and oxygen atoms in total. The molecule has 3 aliphatic rings. The summed E-state index contributed by atoms with van der Waals surface area (Å²) in [6, 6.07) is 1.43. The Kier molecular flexibility index (Phi) is 2.89. The van der Waals surface area contributed by atoms with Crippen molar-refractivity contribution in [2.45, 2.75) is 74.9 Å². The summed E-state index contributed by atoms with van der Waals surface area (Å²) in [4.78, 5) is 7.19. The van der Waals surface area contributed by atoms with Crippen molar-refractivity contribution in [2.24, 2.45) is 5.73 Å². The minimum absolute atomic E-state index is 0.0738. The van der Waals surface area contributed by atoms with Gasteiger partial charge in [0, 0.05) is 30.0 Å². The molecule has 110 valence electrons. The molecule has 0 amide bonds. The molecule has 3 fully saturated rings. The Morgan fingerprint density at radius 1 is 1.30 bits per heavy atom. The molecular formula is C15H24N4O. The first kappa shape index (κ1) is 12.8. The van der Waals surface area contributed by atoms with E-state index in [4.69, 9.17) is 10.3 Å². The Labute approximate surface area is 119 Å². The van der Waals surface area contributed by atoms with Gasteiger partial charge in [-0.05, 0) is 52.0 Å². The van der Waals surface area contributed by atoms with Crippen LogP contribution < -0.4 is 5.73 Å². The molecular weight excluding hydrogens is 252 g/mol. The van der Waals surface area contributed by atoms with Crippen molar-refractivity contribution < 1.29 is 4.52 Å². The highest BCUT2D eigenvalue weighted by Gasteiger charge is 2.41. The maximum absolute atomic E-state index is 6.26. The molecule has 5 heteroatoms. The third-order valence-electron chi connectivity index (χ3n) is 5.80. The standard InChI is InChI=1S/C15H24N4O/c1-19-11-3-4-12(19)8-10(7-11)14-17-13(20-18-14)9-15(16)5-2-6-15/h10-12H,2-9,16H2,1H3. The highest BCUT2D eigenvalue weighted by atomic mass is 16.5. The van der Waals surface area contributed by atoms with Crippen LogP contribution in [0.2, 0.25) is 0 Å². The summed E-state index contributed by atoms with van der Waals surface area (Å²) >= 11 is 0. The van der Waals surface area contributed by atoms with E-state index in [1.54, 1.807) is 0 Å². The molecule has 0 aromatic carbocycles. The lowest BCUT2D eigenvalue weighted by Gasteiger charge is -2.36. The lowest BCUT2D eigenvalue weighted by atomic mass is 9.75. The number of piperidine rings is 1. The van der Waals surface area contributed by atoms with Crippen molar-refractivity contribution in [3.05, 3.63) is 11.7 Å². The fourth-order valence-electron chi connectivity index (χ4n) is 4.24. The first-order valence-corrected chi connectivity index (χ1v) is 7.96. The average Bonchev–Trinajstić information content (AvgIpc) is 2.90. The summed E-state index contributed by atoms with van der Waals surface area (Å²) in [6.07, 6.45) is 9.17. The van der Waals surface area contributed by atoms with Crippen LogP contribution >= 0.6 is 0 Å². The van der Waals surface area contributed by atoms with Crippen molar-refractivity contribution in [2.75, 3.05) is 7.05 Å². The minimum atomic E-state index is -0.0738. The fourth-order valence-corrected chi connectivity index (χ4v) is 4.24. The molecule has 1 aromatic heterocycles. The van der Waals surface area contributed by atoms with Gasteiger partial charge in [-0.25, -0.2) is 0 Å². The number of rotatable bonds is 3. The SMILES string of the molecule is CN1C2CCC1CC(c1noc(CC3(N)CCC3)n1)C2. The zero-order chi connectivity index (χ0) is 13.7. The summed E-state index contributed by atoms with van der Waals surface area (Å²) in [6.45, 7) is 0. The van der Waals surface area contributed by atoms with Gasteiger partial charge in [0.15, 0.2) is 5.82 Å². The van der Waals surface area contributed by atoms with E-state index in [0.29, 0.717) is 18.0 Å². The van der Waals surface area contributed by atoms with Gasteiger partial charge in [-0.1, -0.05) is 5.16 Å². The number of hydrogen-bond donors (Lipinski definition) is 1. The Morgan fingerprint density at radius 2 is 2.00 bits per heavy atom. The first-order valence-electron chi connectivity index (χ1n) is 7.96. The molecule has 1 aliphatic carbocycles. The molecule has 0 spiro atoms. The monoisotopic (exact) mass is 276 g/mol. The van der Waals surface area contributed by atoms with E-state index in [1.807, 2.05) is 0 Å². The van der Waals surface area contributed by atoms with E-state index in [0.717, 1.165) is 31.0 Å². The van der Waals surface area contributed by atoms with E-state index in [1.165, 1.54) is 32.1 Å². The summed E-state index contributed by atoms with van der Waals surface area (Å²) in [5.74, 6) is 2.15. The Morgan fingerprint density at radius 3 is 2.60 bits per heavy atom. The van der Waals surface area contributed by atoms with Crippen LogP contribution in [0, 0.1) is 0 Å². The Bertz CT molecular complexity index is 482. The Balaban J connectivity index is 1.46. The van der Waals surface area contributed by atoms with Crippen LogP contribution in [0.5, 0.6) is 0 Å². The van der Waals surface area contributed by atoms with Crippen LogP contribution in [0.25, 0.3) is 0 Å². The predicted octanol–water partition coefficient (Wildman–Crippen LogP) is 1.83. The van der Waals surface area contributed by atoms with Crippen molar-refractivity contribution in [3.63, 3.8) is 0 Å². The molecule has 2 unspecified atom stereocenters. The number of hydrogen-bond acceptors (Lipinski definition) is 5. The quantitative estimate of drug-likeness (QED) is 0.912. The van der Waals surface area contributed by atoms with E-state index in [2.05, 4.69) is 22.1 Å². The van der Waals surface area contributed by atoms with Gasteiger partial charge in [0.2, 0.25) is 5.89 Å². The molecule has 2 bridgehead atoms. The van der Waals surface area contributed by atoms with Gasteiger partial charge in [0.25, 0.3) is 0 Å². The smallest absolute Gasteiger partial charge is 0.228 e. The van der Waals surface area contributed by atoms with E-state index in [9.17, 15) is 0 Å². The van der Waals surface area contributed by atoms with Gasteiger partial charge >= 0.3 is 0 Å². The molecule has 1 aromatic rings. The van der Waals surface area contributed by atoms with Crippen LogP contribution in [0.3, 0.4) is 0 Å². The van der Waals surface area contributed by atoms with Gasteiger partial charge in [-0.3, -0.25) is 0 Å². The number of aromatic nitrogens is 2. The Hall–Kier alpha value is -0.940. The molecule has 20 heavy (non-hydrogen) atoms. The molecule has 3 heterocycles. The molecule has 2 N–H and O–H groups in total. The summed E-state index contributed by atoms with van der Waals surface area (Å²) in [7, 11) is 2.26. The zero-order valence-electron chi connectivity index (χ0n) is 12.2. The third-order valence-corrected chi connectivity index (χ3v) is 5.80. The minimum Gasteiger partial charge on any atom is -0.339 e. The summed E-state index contributed by atoms with van der Waals surface area (Å²) < 4.78 is 5.45. The third kappa shape index (κ3) is 2.07. The second kappa shape index (κ2) is 4.53. The van der Waals surface area contributed by atoms with Crippen LogP contribution in [0.4, 0.5) is 0 Å². The van der Waals surface area contributed by atoms with Gasteiger partial charge in [-0.15, -0.1) is 0 Å². The van der Waals surface area contributed by atoms with Crippen molar-refractivity contribution in [1.82, 2.24) is 15.0 Å². The lowest BCUT2D eigenvalue weighted by Crippen LogP contribution is -2.48. The number of nitrogens with two attached hydrogens (primary N) is 1. The molecule has 4 rings (SSSR count). The van der Waals surface area contributed by atoms with E-state index in [-0.39, 0.29) is 5.54 Å². The average molecular weight is 276 g/mol. The highest BCUT2D eigenvalue weighted by Crippen LogP contribution is 2.41. The second-order valence-electron chi connectivity index (χ2n) is 7.16. The summed E-state index contributed by atoms with van der Waals surface area (Å²) in [5.41, 5.74) is 6.19. The molecule has 1 saturated carbocycles. The largest absolute Gasteiger partial charge is 0.339 e. The van der Waals surface area contributed by atoms with Gasteiger partial charge in [0.1, 0.15) is 0 Å². The van der Waals surface area contributed by atoms with Crippen LogP contribution in [-0.4, -0.2) is 39.7 Å². The van der Waals surface area contributed by atoms with Gasteiger partial charge in [-0.2, -0.15) is 4.98 Å². The van der Waals surface area contributed by atoms with Crippen molar-refractivity contribution in [3.8, 4) is 0 Å². The van der Waals surface area contributed by atoms with E-state index < -0.39 is 0 Å². The topological polar surface area (TPSA) is 68.2 Å². The molecule has 0 radical (unpaired) electrons. The highest BCUT2D eigenvalue weighted by molar-refractivity contribution is 5.07. The second-order valence-corrected chi connectivity index (χ2v) is 7.16. The molecule has 2 saturated heterocycles. The fraction of sp³-hybridized carbons (Fsp3) is 0.867. The van der Waals surface area contributed by atoms with E-state index >= 15 is 0 Å². The van der Waals surface area contributed by atoms with Crippen LogP contribution in [0.15, 0.2) is 4.52 Å². The maximum atomic E-state index is 6.26. The summed E-state index contributed by atoms with van der Waals surface area (Å²) in [5, 5.41) is 4.24. The van der Waals surface area contributed by atoms with Gasteiger partial charge < -0.3 is 15.2 Å². The van der Waals surface area contributed by atoms with Crippen molar-refractivity contribution in [1.29, 1.82) is 0 Å². The zero-order valence-corrected chi connectivity index (χ0v) is 12.2. The van der Waals surface area contributed by atoms with Crippen molar-refractivity contribution >= 4 is 0 Å². The maximum Gasteiger partial charge on any atom is 0.228 e. The molecule has 2 atom stereocenters. The number of nitrogens with zero attached hydrogens (tertiary/aromatic N) is 3. The predicted molar refractivity (Wildman–Crippen MR) is 75.3 cm³/mol. The van der Waals surface area contributed by atoms with Crippen LogP contribution in [-0.2, 0) is 6.42 Å². The normalized spacial score (nSPS) is 36.0. The molecule has 2 aliphatic heterocycles. The van der Waals surface area contributed by atoms with Crippen LogP contribution in [0.1, 0.15) is 62.6 Å². The number of fused-ring (bicyclic) bond motifs is 2. The lowest BCUT2D eigenvalue weighted by molar-refractivity contribution is 0.157. The van der Waals surface area contributed by atoms with Gasteiger partial charge in [0.05, 0.1) is 0 Å².